The number of amides is 2. The summed E-state index contributed by atoms with van der Waals surface area (Å²) in [7, 11) is 0. The highest BCUT2D eigenvalue weighted by molar-refractivity contribution is 5.80. The van der Waals surface area contributed by atoms with Gasteiger partial charge in [-0.2, -0.15) is 0 Å². The topological polar surface area (TPSA) is 69.6 Å². The van der Waals surface area contributed by atoms with Crippen LogP contribution < -0.4 is 5.32 Å². The van der Waals surface area contributed by atoms with Crippen molar-refractivity contribution in [3.8, 4) is 0 Å². The summed E-state index contributed by atoms with van der Waals surface area (Å²) >= 11 is 0. The van der Waals surface area contributed by atoms with Gasteiger partial charge in [0.15, 0.2) is 0 Å². The summed E-state index contributed by atoms with van der Waals surface area (Å²) in [6.45, 7) is 3.03. The van der Waals surface area contributed by atoms with Gasteiger partial charge in [-0.05, 0) is 19.8 Å². The number of aliphatic carboxylic acids is 1. The zero-order valence-electron chi connectivity index (χ0n) is 9.53. The van der Waals surface area contributed by atoms with E-state index in [1.165, 1.54) is 0 Å². The lowest BCUT2D eigenvalue weighted by Gasteiger charge is -2.42. The Bertz CT molecular complexity index is 318. The van der Waals surface area contributed by atoms with Crippen LogP contribution in [0.25, 0.3) is 0 Å². The van der Waals surface area contributed by atoms with Crippen LogP contribution in [0.5, 0.6) is 0 Å². The summed E-state index contributed by atoms with van der Waals surface area (Å²) in [5.41, 5.74) is -0.778. The number of carbonyl (C=O) groups is 2. The van der Waals surface area contributed by atoms with Crippen molar-refractivity contribution in [2.24, 2.45) is 5.41 Å². The first kappa shape index (κ1) is 11.2. The summed E-state index contributed by atoms with van der Waals surface area (Å²) < 4.78 is 0. The van der Waals surface area contributed by atoms with Crippen LogP contribution in [0.15, 0.2) is 0 Å². The third-order valence-electron chi connectivity index (χ3n) is 3.91. The maximum Gasteiger partial charge on any atom is 0.317 e. The summed E-state index contributed by atoms with van der Waals surface area (Å²) in [5.74, 6) is -0.781. The number of urea groups is 1. The molecule has 1 heterocycles. The predicted octanol–water partition coefficient (Wildman–Crippen LogP) is 1.05. The van der Waals surface area contributed by atoms with Crippen LogP contribution in [-0.2, 0) is 4.79 Å². The van der Waals surface area contributed by atoms with E-state index < -0.39 is 11.4 Å². The van der Waals surface area contributed by atoms with Crippen molar-refractivity contribution in [2.75, 3.05) is 13.1 Å². The van der Waals surface area contributed by atoms with Crippen molar-refractivity contribution in [3.63, 3.8) is 0 Å². The lowest BCUT2D eigenvalue weighted by molar-refractivity contribution is -0.153. The molecule has 2 aliphatic rings. The minimum atomic E-state index is -0.781. The molecule has 90 valence electrons. The molecule has 2 N–H and O–H groups in total. The van der Waals surface area contributed by atoms with Crippen molar-refractivity contribution < 1.29 is 14.7 Å². The van der Waals surface area contributed by atoms with Crippen molar-refractivity contribution in [1.82, 2.24) is 10.2 Å². The zero-order chi connectivity index (χ0) is 11.8. The average Bonchev–Trinajstić information content (AvgIpc) is 2.65. The van der Waals surface area contributed by atoms with Gasteiger partial charge in [-0.25, -0.2) is 4.79 Å². The molecule has 5 heteroatoms. The van der Waals surface area contributed by atoms with E-state index in [-0.39, 0.29) is 12.1 Å². The maximum atomic E-state index is 11.6. The van der Waals surface area contributed by atoms with Gasteiger partial charge < -0.3 is 15.3 Å². The van der Waals surface area contributed by atoms with E-state index in [9.17, 15) is 14.7 Å². The Balaban J connectivity index is 2.22. The summed E-state index contributed by atoms with van der Waals surface area (Å²) in [4.78, 5) is 24.7. The van der Waals surface area contributed by atoms with Crippen molar-refractivity contribution in [1.29, 1.82) is 0 Å². The number of hydrogen-bond acceptors (Lipinski definition) is 2. The molecule has 0 aromatic carbocycles. The number of carbonyl (C=O) groups excluding carboxylic acids is 1. The van der Waals surface area contributed by atoms with E-state index in [0.717, 1.165) is 19.3 Å². The third-order valence-corrected chi connectivity index (χ3v) is 3.91. The van der Waals surface area contributed by atoms with Crippen LogP contribution in [-0.4, -0.2) is 41.1 Å². The Morgan fingerprint density at radius 3 is 2.88 bits per heavy atom. The molecule has 0 aromatic heterocycles. The molecule has 0 aromatic rings. The second-order valence-corrected chi connectivity index (χ2v) is 4.91. The zero-order valence-corrected chi connectivity index (χ0v) is 9.53. The van der Waals surface area contributed by atoms with E-state index in [2.05, 4.69) is 5.32 Å². The fourth-order valence-electron chi connectivity index (χ4n) is 2.85. The average molecular weight is 226 g/mol. The molecule has 1 saturated heterocycles. The second-order valence-electron chi connectivity index (χ2n) is 4.91. The first-order valence-corrected chi connectivity index (χ1v) is 5.83. The van der Waals surface area contributed by atoms with Crippen molar-refractivity contribution in [3.05, 3.63) is 0 Å². The fraction of sp³-hybridized carbons (Fsp3) is 0.818. The first-order valence-electron chi connectivity index (χ1n) is 5.83. The van der Waals surface area contributed by atoms with Crippen LogP contribution >= 0.6 is 0 Å². The highest BCUT2D eigenvalue weighted by atomic mass is 16.4. The minimum Gasteiger partial charge on any atom is -0.481 e. The van der Waals surface area contributed by atoms with Crippen LogP contribution in [0.1, 0.15) is 32.6 Å². The second kappa shape index (κ2) is 3.96. The normalized spacial score (nSPS) is 34.9. The largest absolute Gasteiger partial charge is 0.481 e. The molecule has 2 fully saturated rings. The Morgan fingerprint density at radius 2 is 2.31 bits per heavy atom. The van der Waals surface area contributed by atoms with Gasteiger partial charge >= 0.3 is 12.0 Å². The number of nitrogens with one attached hydrogen (secondary N) is 1. The molecule has 2 rings (SSSR count). The van der Waals surface area contributed by atoms with Crippen molar-refractivity contribution in [2.45, 2.75) is 38.6 Å². The lowest BCUT2D eigenvalue weighted by Crippen LogP contribution is -2.53. The van der Waals surface area contributed by atoms with Gasteiger partial charge in [0.2, 0.25) is 0 Å². The number of hydrogen-bond donors (Lipinski definition) is 2. The van der Waals surface area contributed by atoms with Gasteiger partial charge in [-0.3, -0.25) is 4.79 Å². The summed E-state index contributed by atoms with van der Waals surface area (Å²) in [5, 5.41) is 12.1. The number of carboxylic acids is 1. The van der Waals surface area contributed by atoms with Gasteiger partial charge in [-0.15, -0.1) is 0 Å². The number of carboxylic acid groups (broad SMARTS) is 1. The first-order chi connectivity index (χ1) is 7.55. The molecule has 0 spiro atoms. The van der Waals surface area contributed by atoms with E-state index in [1.54, 1.807) is 11.8 Å². The van der Waals surface area contributed by atoms with Gasteiger partial charge in [0, 0.05) is 19.1 Å². The van der Waals surface area contributed by atoms with Crippen LogP contribution in [0.2, 0.25) is 0 Å². The maximum absolute atomic E-state index is 11.6. The summed E-state index contributed by atoms with van der Waals surface area (Å²) in [6, 6.07) is -0.263. The molecule has 0 bridgehead atoms. The number of nitrogens with zero attached hydrogens (tertiary/aromatic N) is 1. The van der Waals surface area contributed by atoms with Gasteiger partial charge in [-0.1, -0.05) is 12.8 Å². The molecule has 1 aliphatic carbocycles. The molecule has 16 heavy (non-hydrogen) atoms. The smallest absolute Gasteiger partial charge is 0.317 e. The monoisotopic (exact) mass is 226 g/mol. The Kier molecular flexibility index (Phi) is 2.78. The molecule has 2 atom stereocenters. The van der Waals surface area contributed by atoms with Crippen molar-refractivity contribution >= 4 is 12.0 Å². The van der Waals surface area contributed by atoms with Gasteiger partial charge in [0.25, 0.3) is 0 Å². The van der Waals surface area contributed by atoms with Gasteiger partial charge in [0.05, 0.1) is 5.41 Å². The third kappa shape index (κ3) is 1.64. The number of rotatable bonds is 2. The quantitative estimate of drug-likeness (QED) is 0.739. The predicted molar refractivity (Wildman–Crippen MR) is 58.1 cm³/mol. The molecule has 2 amide bonds. The Morgan fingerprint density at radius 1 is 1.56 bits per heavy atom. The standard InChI is InChI=1S/C11H18N2O3/c1-11(9(14)15)5-3-2-4-8(11)13-7-6-12-10(13)16/h8H,2-7H2,1H3,(H,12,16)(H,14,15). The van der Waals surface area contributed by atoms with Crippen LogP contribution in [0.3, 0.4) is 0 Å². The Hall–Kier alpha value is -1.26. The summed E-state index contributed by atoms with van der Waals surface area (Å²) in [6.07, 6.45) is 3.42. The van der Waals surface area contributed by atoms with E-state index in [1.807, 2.05) is 0 Å². The fourth-order valence-corrected chi connectivity index (χ4v) is 2.85. The van der Waals surface area contributed by atoms with E-state index in [4.69, 9.17) is 0 Å². The molecule has 0 radical (unpaired) electrons. The SMILES string of the molecule is CC1(C(=O)O)CCCCC1N1CCNC1=O. The highest BCUT2D eigenvalue weighted by Crippen LogP contribution is 2.39. The van der Waals surface area contributed by atoms with Crippen LogP contribution in [0.4, 0.5) is 4.79 Å². The molecule has 2 unspecified atom stereocenters. The molecular weight excluding hydrogens is 208 g/mol. The molecular formula is C11H18N2O3. The lowest BCUT2D eigenvalue weighted by atomic mass is 9.71. The molecule has 5 nitrogen and oxygen atoms in total. The minimum absolute atomic E-state index is 0.112. The highest BCUT2D eigenvalue weighted by Gasteiger charge is 2.48. The van der Waals surface area contributed by atoms with Gasteiger partial charge in [0.1, 0.15) is 0 Å². The molecule has 1 aliphatic heterocycles. The van der Waals surface area contributed by atoms with E-state index >= 15 is 0 Å². The van der Waals surface area contributed by atoms with Crippen LogP contribution in [0, 0.1) is 5.41 Å². The van der Waals surface area contributed by atoms with E-state index in [0.29, 0.717) is 19.5 Å². The Labute approximate surface area is 94.8 Å². The molecule has 1 saturated carbocycles.